The van der Waals surface area contributed by atoms with E-state index in [2.05, 4.69) is 15.1 Å². The molecule has 0 bridgehead atoms. The fourth-order valence-corrected chi connectivity index (χ4v) is 4.25. The average Bonchev–Trinajstić information content (AvgIpc) is 2.87. The topological polar surface area (TPSA) is 86.0 Å². The van der Waals surface area contributed by atoms with Crippen molar-refractivity contribution < 1.29 is 17.3 Å². The lowest BCUT2D eigenvalue weighted by Gasteiger charge is -2.19. The number of pyridine rings is 1. The molecule has 6 nitrogen and oxygen atoms in total. The Kier molecular flexibility index (Phi) is 3.71. The van der Waals surface area contributed by atoms with Crippen molar-refractivity contribution in [3.63, 3.8) is 0 Å². The van der Waals surface area contributed by atoms with Gasteiger partial charge in [-0.15, -0.1) is 0 Å². The van der Waals surface area contributed by atoms with Crippen molar-refractivity contribution in [3.8, 4) is 11.5 Å². The molecule has 3 rings (SSSR count). The molecule has 0 amide bonds. The van der Waals surface area contributed by atoms with Crippen LogP contribution in [0.1, 0.15) is 18.7 Å². The van der Waals surface area contributed by atoms with Crippen molar-refractivity contribution in [1.82, 2.24) is 15.1 Å². The Balaban J connectivity index is 1.72. The molecule has 0 N–H and O–H groups in total. The molecule has 1 saturated heterocycles. The van der Waals surface area contributed by atoms with Gasteiger partial charge in [0, 0.05) is 6.42 Å². The summed E-state index contributed by atoms with van der Waals surface area (Å²) in [6.07, 6.45) is 3.03. The third kappa shape index (κ3) is 3.44. The van der Waals surface area contributed by atoms with Crippen LogP contribution in [-0.2, 0) is 16.3 Å². The van der Waals surface area contributed by atoms with E-state index in [1.807, 2.05) is 0 Å². The number of aromatic nitrogens is 3. The smallest absolute Gasteiger partial charge is 0.227 e. The predicted octanol–water partition coefficient (Wildman–Crippen LogP) is 1.64. The van der Waals surface area contributed by atoms with Crippen molar-refractivity contribution in [2.24, 2.45) is 5.92 Å². The first-order valence-electron chi connectivity index (χ1n) is 6.67. The highest BCUT2D eigenvalue weighted by molar-refractivity contribution is 7.91. The Hall–Kier alpha value is -1.83. The number of halogens is 1. The van der Waals surface area contributed by atoms with E-state index in [0.717, 1.165) is 12.6 Å². The van der Waals surface area contributed by atoms with Crippen molar-refractivity contribution in [2.45, 2.75) is 19.3 Å². The number of hydrogen-bond donors (Lipinski definition) is 0. The monoisotopic (exact) mass is 311 g/mol. The normalized spacial score (nSPS) is 21.3. The standard InChI is InChI=1S/C13H14FN3O3S/c14-10-3-4-11(15-7-10)13-16-12(20-17-13)6-9-2-1-5-21(18,19)8-9/h3-4,7,9H,1-2,5-6,8H2. The number of rotatable bonds is 3. The molecule has 0 radical (unpaired) electrons. The lowest BCUT2D eigenvalue weighted by Crippen LogP contribution is -2.26. The minimum Gasteiger partial charge on any atom is -0.339 e. The second-order valence-electron chi connectivity index (χ2n) is 5.20. The molecule has 112 valence electrons. The Labute approximate surface area is 121 Å². The molecular weight excluding hydrogens is 297 g/mol. The van der Waals surface area contributed by atoms with Gasteiger partial charge in [-0.2, -0.15) is 4.98 Å². The van der Waals surface area contributed by atoms with Crippen molar-refractivity contribution in [3.05, 3.63) is 30.0 Å². The molecule has 1 atom stereocenters. The Bertz CT molecular complexity index is 727. The highest BCUT2D eigenvalue weighted by atomic mass is 32.2. The van der Waals surface area contributed by atoms with E-state index in [9.17, 15) is 12.8 Å². The summed E-state index contributed by atoms with van der Waals surface area (Å²) in [5.41, 5.74) is 0.419. The Morgan fingerprint density at radius 3 is 2.95 bits per heavy atom. The maximum Gasteiger partial charge on any atom is 0.227 e. The molecule has 1 fully saturated rings. The van der Waals surface area contributed by atoms with Gasteiger partial charge >= 0.3 is 0 Å². The average molecular weight is 311 g/mol. The molecule has 8 heteroatoms. The first-order chi connectivity index (χ1) is 10.0. The number of nitrogens with zero attached hydrogens (tertiary/aromatic N) is 3. The van der Waals surface area contributed by atoms with Crippen molar-refractivity contribution >= 4 is 9.84 Å². The molecule has 3 heterocycles. The van der Waals surface area contributed by atoms with Gasteiger partial charge in [0.25, 0.3) is 0 Å². The van der Waals surface area contributed by atoms with Gasteiger partial charge in [-0.3, -0.25) is 0 Å². The fraction of sp³-hybridized carbons (Fsp3) is 0.462. The number of hydrogen-bond acceptors (Lipinski definition) is 6. The van der Waals surface area contributed by atoms with Crippen LogP contribution in [0.4, 0.5) is 4.39 Å². The SMILES string of the molecule is O=S1(=O)CCCC(Cc2nc(-c3ccc(F)cn3)no2)C1. The second kappa shape index (κ2) is 5.51. The van der Waals surface area contributed by atoms with E-state index in [1.165, 1.54) is 12.1 Å². The molecule has 1 aliphatic heterocycles. The molecule has 0 aliphatic carbocycles. The maximum absolute atomic E-state index is 12.8. The first-order valence-corrected chi connectivity index (χ1v) is 8.49. The minimum atomic E-state index is -2.95. The first kappa shape index (κ1) is 14.1. The van der Waals surface area contributed by atoms with Crippen LogP contribution >= 0.6 is 0 Å². The summed E-state index contributed by atoms with van der Waals surface area (Å²) in [7, 11) is -2.95. The van der Waals surface area contributed by atoms with Crippen LogP contribution in [-0.4, -0.2) is 35.0 Å². The zero-order chi connectivity index (χ0) is 14.9. The summed E-state index contributed by atoms with van der Waals surface area (Å²) < 4.78 is 41.1. The molecular formula is C13H14FN3O3S. The molecule has 1 unspecified atom stereocenters. The highest BCUT2D eigenvalue weighted by Gasteiger charge is 2.26. The summed E-state index contributed by atoms with van der Waals surface area (Å²) in [6.45, 7) is 0. The Morgan fingerprint density at radius 1 is 1.38 bits per heavy atom. The van der Waals surface area contributed by atoms with E-state index in [4.69, 9.17) is 4.52 Å². The third-order valence-electron chi connectivity index (χ3n) is 3.45. The van der Waals surface area contributed by atoms with Gasteiger partial charge in [-0.05, 0) is 30.9 Å². The highest BCUT2D eigenvalue weighted by Crippen LogP contribution is 2.22. The Morgan fingerprint density at radius 2 is 2.24 bits per heavy atom. The minimum absolute atomic E-state index is 0.0122. The van der Waals surface area contributed by atoms with Crippen LogP contribution in [0, 0.1) is 11.7 Å². The molecule has 2 aromatic rings. The lowest BCUT2D eigenvalue weighted by molar-refractivity contribution is 0.350. The van der Waals surface area contributed by atoms with Crippen molar-refractivity contribution in [1.29, 1.82) is 0 Å². The number of sulfone groups is 1. The predicted molar refractivity (Wildman–Crippen MR) is 72.6 cm³/mol. The van der Waals surface area contributed by atoms with E-state index in [1.54, 1.807) is 0 Å². The summed E-state index contributed by atoms with van der Waals surface area (Å²) in [4.78, 5) is 8.07. The van der Waals surface area contributed by atoms with Gasteiger partial charge in [-0.1, -0.05) is 5.16 Å². The summed E-state index contributed by atoms with van der Waals surface area (Å²) in [6, 6.07) is 2.74. The van der Waals surface area contributed by atoms with E-state index < -0.39 is 15.7 Å². The zero-order valence-corrected chi connectivity index (χ0v) is 12.0. The van der Waals surface area contributed by atoms with Gasteiger partial charge in [0.2, 0.25) is 11.7 Å². The molecule has 0 spiro atoms. The lowest BCUT2D eigenvalue weighted by atomic mass is 10.0. The van der Waals surface area contributed by atoms with Gasteiger partial charge in [0.05, 0.1) is 17.7 Å². The molecule has 21 heavy (non-hydrogen) atoms. The fourth-order valence-electron chi connectivity index (χ4n) is 2.48. The van der Waals surface area contributed by atoms with Crippen LogP contribution in [0.25, 0.3) is 11.5 Å². The van der Waals surface area contributed by atoms with Gasteiger partial charge in [0.1, 0.15) is 11.5 Å². The van der Waals surface area contributed by atoms with Crippen LogP contribution in [0.15, 0.2) is 22.9 Å². The van der Waals surface area contributed by atoms with Crippen LogP contribution in [0.2, 0.25) is 0 Å². The quantitative estimate of drug-likeness (QED) is 0.856. The van der Waals surface area contributed by atoms with Gasteiger partial charge in [0.15, 0.2) is 9.84 Å². The van der Waals surface area contributed by atoms with Crippen LogP contribution < -0.4 is 0 Å². The summed E-state index contributed by atoms with van der Waals surface area (Å²) in [5.74, 6) is 0.674. The molecule has 0 saturated carbocycles. The van der Waals surface area contributed by atoms with E-state index >= 15 is 0 Å². The molecule has 0 aromatic carbocycles. The van der Waals surface area contributed by atoms with Crippen LogP contribution in [0.5, 0.6) is 0 Å². The third-order valence-corrected chi connectivity index (χ3v) is 5.34. The van der Waals surface area contributed by atoms with E-state index in [-0.39, 0.29) is 23.2 Å². The summed E-state index contributed by atoms with van der Waals surface area (Å²) in [5, 5.41) is 3.80. The maximum atomic E-state index is 12.8. The van der Waals surface area contributed by atoms with E-state index in [0.29, 0.717) is 24.4 Å². The van der Waals surface area contributed by atoms with Gasteiger partial charge < -0.3 is 4.52 Å². The second-order valence-corrected chi connectivity index (χ2v) is 7.43. The largest absolute Gasteiger partial charge is 0.339 e. The van der Waals surface area contributed by atoms with Crippen molar-refractivity contribution in [2.75, 3.05) is 11.5 Å². The van der Waals surface area contributed by atoms with Gasteiger partial charge in [-0.25, -0.2) is 17.8 Å². The van der Waals surface area contributed by atoms with Crippen LogP contribution in [0.3, 0.4) is 0 Å². The molecule has 1 aliphatic rings. The molecule has 2 aromatic heterocycles. The summed E-state index contributed by atoms with van der Waals surface area (Å²) >= 11 is 0. The zero-order valence-electron chi connectivity index (χ0n) is 11.2.